The molecule has 1 aromatic rings. The third-order valence-corrected chi connectivity index (χ3v) is 4.51. The molecule has 2 fully saturated rings. The van der Waals surface area contributed by atoms with Gasteiger partial charge in [-0.3, -0.25) is 10.1 Å². The van der Waals surface area contributed by atoms with E-state index in [2.05, 4.69) is 31.0 Å². The van der Waals surface area contributed by atoms with Crippen LogP contribution in [0.5, 0.6) is 0 Å². The summed E-state index contributed by atoms with van der Waals surface area (Å²) in [6.45, 7) is 6.63. The fraction of sp³-hybridized carbons (Fsp3) is 0.562. The van der Waals surface area contributed by atoms with Gasteiger partial charge in [0.05, 0.1) is 6.17 Å². The molecule has 1 heterocycles. The van der Waals surface area contributed by atoms with Crippen LogP contribution in [0.4, 0.5) is 0 Å². The number of nitrogens with one attached hydrogen (secondary N) is 1. The molecule has 0 radical (unpaired) electrons. The number of rotatable bonds is 3. The molecule has 102 valence electrons. The van der Waals surface area contributed by atoms with Crippen molar-refractivity contribution in [3.8, 4) is 0 Å². The molecular formula is C16H22N2O. The Balaban J connectivity index is 1.85. The summed E-state index contributed by atoms with van der Waals surface area (Å²) in [7, 11) is 0. The molecule has 0 aromatic heterocycles. The molecular weight excluding hydrogens is 236 g/mol. The first-order chi connectivity index (χ1) is 9.04. The SMILES string of the molecule is CCC1NC(c2ccccc2)C(=O)N1C1CC1(C)C. The number of hydrogen-bond acceptors (Lipinski definition) is 2. The molecule has 1 N–H and O–H groups in total. The van der Waals surface area contributed by atoms with Gasteiger partial charge in [0, 0.05) is 6.04 Å². The van der Waals surface area contributed by atoms with Crippen LogP contribution in [0, 0.1) is 5.41 Å². The number of amides is 1. The summed E-state index contributed by atoms with van der Waals surface area (Å²) < 4.78 is 0. The van der Waals surface area contributed by atoms with Crippen LogP contribution in [0.2, 0.25) is 0 Å². The average molecular weight is 258 g/mol. The first kappa shape index (κ1) is 12.7. The van der Waals surface area contributed by atoms with Crippen molar-refractivity contribution in [1.29, 1.82) is 0 Å². The summed E-state index contributed by atoms with van der Waals surface area (Å²) in [5.74, 6) is 0.244. The van der Waals surface area contributed by atoms with E-state index in [1.165, 1.54) is 0 Å². The highest BCUT2D eigenvalue weighted by Crippen LogP contribution is 2.51. The smallest absolute Gasteiger partial charge is 0.245 e. The van der Waals surface area contributed by atoms with Gasteiger partial charge in [-0.05, 0) is 23.8 Å². The zero-order chi connectivity index (χ0) is 13.6. The number of hydrogen-bond donors (Lipinski definition) is 1. The van der Waals surface area contributed by atoms with Crippen molar-refractivity contribution in [3.63, 3.8) is 0 Å². The molecule has 1 saturated heterocycles. The number of carbonyl (C=O) groups is 1. The van der Waals surface area contributed by atoms with Gasteiger partial charge in [0.1, 0.15) is 6.04 Å². The third kappa shape index (κ3) is 2.06. The number of nitrogens with zero attached hydrogens (tertiary/aromatic N) is 1. The second-order valence-corrected chi connectivity index (χ2v) is 6.39. The van der Waals surface area contributed by atoms with Gasteiger partial charge in [-0.2, -0.15) is 0 Å². The maximum Gasteiger partial charge on any atom is 0.245 e. The highest BCUT2D eigenvalue weighted by molar-refractivity contribution is 5.86. The van der Waals surface area contributed by atoms with E-state index in [0.29, 0.717) is 6.04 Å². The van der Waals surface area contributed by atoms with Gasteiger partial charge < -0.3 is 4.90 Å². The summed E-state index contributed by atoms with van der Waals surface area (Å²) in [5, 5.41) is 3.49. The van der Waals surface area contributed by atoms with E-state index in [1.807, 2.05) is 30.3 Å². The Bertz CT molecular complexity index is 483. The first-order valence-electron chi connectivity index (χ1n) is 7.18. The van der Waals surface area contributed by atoms with E-state index in [9.17, 15) is 4.79 Å². The van der Waals surface area contributed by atoms with Crippen LogP contribution >= 0.6 is 0 Å². The van der Waals surface area contributed by atoms with Crippen LogP contribution in [0.3, 0.4) is 0 Å². The zero-order valence-corrected chi connectivity index (χ0v) is 11.9. The first-order valence-corrected chi connectivity index (χ1v) is 7.18. The van der Waals surface area contributed by atoms with Crippen LogP contribution in [0.25, 0.3) is 0 Å². The van der Waals surface area contributed by atoms with Crippen LogP contribution in [-0.4, -0.2) is 23.0 Å². The lowest BCUT2D eigenvalue weighted by Gasteiger charge is -2.24. The maximum atomic E-state index is 12.7. The van der Waals surface area contributed by atoms with Crippen molar-refractivity contribution >= 4 is 5.91 Å². The van der Waals surface area contributed by atoms with Gasteiger partial charge in [-0.15, -0.1) is 0 Å². The van der Waals surface area contributed by atoms with Gasteiger partial charge in [0.25, 0.3) is 0 Å². The van der Waals surface area contributed by atoms with Crippen molar-refractivity contribution in [1.82, 2.24) is 10.2 Å². The number of benzene rings is 1. The van der Waals surface area contributed by atoms with E-state index in [-0.39, 0.29) is 23.5 Å². The van der Waals surface area contributed by atoms with E-state index < -0.39 is 0 Å². The topological polar surface area (TPSA) is 32.3 Å². The molecule has 3 nitrogen and oxygen atoms in total. The molecule has 3 atom stereocenters. The fourth-order valence-electron chi connectivity index (χ4n) is 3.13. The van der Waals surface area contributed by atoms with Gasteiger partial charge in [0.15, 0.2) is 0 Å². The minimum absolute atomic E-state index is 0.164. The Kier molecular flexibility index (Phi) is 2.90. The molecule has 2 aliphatic rings. The molecule has 3 heteroatoms. The Morgan fingerprint density at radius 3 is 2.47 bits per heavy atom. The third-order valence-electron chi connectivity index (χ3n) is 4.51. The minimum atomic E-state index is -0.164. The maximum absolute atomic E-state index is 12.7. The Hall–Kier alpha value is -1.35. The number of carbonyl (C=O) groups excluding carboxylic acids is 1. The lowest BCUT2D eigenvalue weighted by molar-refractivity contribution is -0.131. The van der Waals surface area contributed by atoms with E-state index >= 15 is 0 Å². The second kappa shape index (κ2) is 4.34. The summed E-state index contributed by atoms with van der Waals surface area (Å²) in [6, 6.07) is 10.3. The lowest BCUT2D eigenvalue weighted by atomic mass is 10.1. The predicted octanol–water partition coefficient (Wildman–Crippen LogP) is 2.69. The minimum Gasteiger partial charge on any atom is -0.322 e. The van der Waals surface area contributed by atoms with Crippen molar-refractivity contribution in [2.24, 2.45) is 5.41 Å². The summed E-state index contributed by atoms with van der Waals surface area (Å²) in [4.78, 5) is 14.8. The average Bonchev–Trinajstić information content (AvgIpc) is 2.89. The van der Waals surface area contributed by atoms with Gasteiger partial charge >= 0.3 is 0 Å². The molecule has 1 aliphatic carbocycles. The van der Waals surface area contributed by atoms with Crippen molar-refractivity contribution in [2.75, 3.05) is 0 Å². The highest BCUT2D eigenvalue weighted by atomic mass is 16.2. The van der Waals surface area contributed by atoms with Crippen LogP contribution in [0.1, 0.15) is 45.2 Å². The molecule has 0 bridgehead atoms. The molecule has 1 aliphatic heterocycles. The standard InChI is InChI=1S/C16H22N2O/c1-4-13-17-14(11-8-6-5-7-9-11)15(19)18(13)12-10-16(12,2)3/h5-9,12-14,17H,4,10H2,1-3H3. The monoisotopic (exact) mass is 258 g/mol. The summed E-state index contributed by atoms with van der Waals surface area (Å²) in [6.07, 6.45) is 2.27. The van der Waals surface area contributed by atoms with Gasteiger partial charge in [-0.25, -0.2) is 0 Å². The highest BCUT2D eigenvalue weighted by Gasteiger charge is 2.56. The van der Waals surface area contributed by atoms with E-state index in [1.54, 1.807) is 0 Å². The quantitative estimate of drug-likeness (QED) is 0.904. The van der Waals surface area contributed by atoms with Gasteiger partial charge in [-0.1, -0.05) is 51.1 Å². The Morgan fingerprint density at radius 1 is 1.32 bits per heavy atom. The van der Waals surface area contributed by atoms with E-state index in [0.717, 1.165) is 18.4 Å². The predicted molar refractivity (Wildman–Crippen MR) is 75.4 cm³/mol. The second-order valence-electron chi connectivity index (χ2n) is 6.39. The summed E-state index contributed by atoms with van der Waals surface area (Å²) >= 11 is 0. The molecule has 3 unspecified atom stereocenters. The fourth-order valence-corrected chi connectivity index (χ4v) is 3.13. The molecule has 1 saturated carbocycles. The van der Waals surface area contributed by atoms with Crippen molar-refractivity contribution < 1.29 is 4.79 Å². The van der Waals surface area contributed by atoms with Crippen LogP contribution in [-0.2, 0) is 4.79 Å². The zero-order valence-electron chi connectivity index (χ0n) is 11.9. The van der Waals surface area contributed by atoms with E-state index in [4.69, 9.17) is 0 Å². The van der Waals surface area contributed by atoms with Crippen LogP contribution in [0.15, 0.2) is 30.3 Å². The van der Waals surface area contributed by atoms with Crippen molar-refractivity contribution in [2.45, 2.75) is 51.9 Å². The normalized spacial score (nSPS) is 32.7. The van der Waals surface area contributed by atoms with Gasteiger partial charge in [0.2, 0.25) is 5.91 Å². The van der Waals surface area contributed by atoms with Crippen molar-refractivity contribution in [3.05, 3.63) is 35.9 Å². The molecule has 1 aromatic carbocycles. The molecule has 3 rings (SSSR count). The Morgan fingerprint density at radius 2 is 1.95 bits per heavy atom. The molecule has 1 amide bonds. The summed E-state index contributed by atoms with van der Waals surface area (Å²) in [5.41, 5.74) is 1.36. The molecule has 19 heavy (non-hydrogen) atoms. The van der Waals surface area contributed by atoms with Crippen LogP contribution < -0.4 is 5.32 Å². The Labute approximate surface area is 115 Å². The largest absolute Gasteiger partial charge is 0.322 e. The molecule has 0 spiro atoms. The lowest BCUT2D eigenvalue weighted by Crippen LogP contribution is -2.40.